The fraction of sp³-hybridized carbons (Fsp3) is 0.625. The second-order valence-corrected chi connectivity index (χ2v) is 5.65. The predicted molar refractivity (Wildman–Crippen MR) is 78.8 cm³/mol. The first-order chi connectivity index (χ1) is 9.34. The molecule has 3 nitrogen and oxygen atoms in total. The molecule has 1 aromatic carbocycles. The molecule has 0 amide bonds. The first kappa shape index (κ1) is 12.9. The number of hydrogen-bond acceptors (Lipinski definition) is 3. The van der Waals surface area contributed by atoms with E-state index in [4.69, 9.17) is 4.74 Å². The average Bonchev–Trinajstić information content (AvgIpc) is 2.49. The topological polar surface area (TPSA) is 15.7 Å². The van der Waals surface area contributed by atoms with Crippen molar-refractivity contribution in [1.29, 1.82) is 0 Å². The monoisotopic (exact) mass is 260 g/mol. The molecule has 0 spiro atoms. The molecule has 0 unspecified atom stereocenters. The lowest BCUT2D eigenvalue weighted by molar-refractivity contribution is 0.0321. The van der Waals surface area contributed by atoms with Crippen LogP contribution in [-0.4, -0.2) is 50.3 Å². The van der Waals surface area contributed by atoms with Gasteiger partial charge in [0, 0.05) is 51.1 Å². The molecule has 3 heteroatoms. The zero-order valence-corrected chi connectivity index (χ0v) is 11.8. The first-order valence-corrected chi connectivity index (χ1v) is 7.47. The lowest BCUT2D eigenvalue weighted by atomic mass is 10.1. The van der Waals surface area contributed by atoms with Crippen LogP contribution in [0.4, 0.5) is 5.69 Å². The Labute approximate surface area is 116 Å². The maximum Gasteiger partial charge on any atom is 0.0480 e. The van der Waals surface area contributed by atoms with Crippen molar-refractivity contribution < 1.29 is 4.74 Å². The summed E-state index contributed by atoms with van der Waals surface area (Å²) in [6, 6.07) is 9.48. The van der Waals surface area contributed by atoms with Crippen molar-refractivity contribution in [3.05, 3.63) is 29.8 Å². The number of benzene rings is 1. The maximum absolute atomic E-state index is 5.46. The van der Waals surface area contributed by atoms with Gasteiger partial charge in [-0.2, -0.15) is 0 Å². The molecule has 104 valence electrons. The smallest absolute Gasteiger partial charge is 0.0480 e. The van der Waals surface area contributed by atoms with Crippen LogP contribution in [0.25, 0.3) is 0 Å². The zero-order valence-electron chi connectivity index (χ0n) is 11.8. The molecular formula is C16H24N2O. The first-order valence-electron chi connectivity index (χ1n) is 7.47. The van der Waals surface area contributed by atoms with Crippen LogP contribution in [0.3, 0.4) is 0 Å². The van der Waals surface area contributed by atoms with Crippen molar-refractivity contribution in [2.75, 3.05) is 44.3 Å². The van der Waals surface area contributed by atoms with Crippen molar-refractivity contribution in [2.24, 2.45) is 0 Å². The fourth-order valence-electron chi connectivity index (χ4n) is 3.30. The van der Waals surface area contributed by atoms with E-state index < -0.39 is 0 Å². The molecule has 2 saturated heterocycles. The standard InChI is InChI=1S/C16H24N2O/c1-14-4-2-3-5-16(14)18-10-8-17(9-11-18)15-6-12-19-13-7-15/h2-5,15H,6-13H2,1H3. The van der Waals surface area contributed by atoms with Crippen molar-refractivity contribution in [3.63, 3.8) is 0 Å². The van der Waals surface area contributed by atoms with Gasteiger partial charge < -0.3 is 9.64 Å². The SMILES string of the molecule is Cc1ccccc1N1CCN(C2CCOCC2)CC1. The molecule has 19 heavy (non-hydrogen) atoms. The van der Waals surface area contributed by atoms with Crippen LogP contribution in [0.1, 0.15) is 18.4 Å². The minimum atomic E-state index is 0.757. The number of aryl methyl sites for hydroxylation is 1. The Morgan fingerprint density at radius 3 is 2.37 bits per heavy atom. The molecule has 2 fully saturated rings. The molecule has 0 radical (unpaired) electrons. The number of anilines is 1. The minimum absolute atomic E-state index is 0.757. The summed E-state index contributed by atoms with van der Waals surface area (Å²) >= 11 is 0. The molecule has 2 aliphatic rings. The predicted octanol–water partition coefficient (Wildman–Crippen LogP) is 2.30. The fourth-order valence-corrected chi connectivity index (χ4v) is 3.30. The minimum Gasteiger partial charge on any atom is -0.381 e. The van der Waals surface area contributed by atoms with Gasteiger partial charge in [-0.05, 0) is 31.4 Å². The largest absolute Gasteiger partial charge is 0.381 e. The summed E-state index contributed by atoms with van der Waals surface area (Å²) in [7, 11) is 0. The summed E-state index contributed by atoms with van der Waals surface area (Å²) in [5.41, 5.74) is 2.80. The molecule has 0 N–H and O–H groups in total. The van der Waals surface area contributed by atoms with Crippen molar-refractivity contribution in [2.45, 2.75) is 25.8 Å². The van der Waals surface area contributed by atoms with E-state index >= 15 is 0 Å². The Kier molecular flexibility index (Phi) is 4.04. The summed E-state index contributed by atoms with van der Waals surface area (Å²) < 4.78 is 5.46. The lowest BCUT2D eigenvalue weighted by Crippen LogP contribution is -2.51. The van der Waals surface area contributed by atoms with E-state index in [1.165, 1.54) is 37.2 Å². The van der Waals surface area contributed by atoms with Crippen molar-refractivity contribution >= 4 is 5.69 Å². The van der Waals surface area contributed by atoms with Crippen molar-refractivity contribution in [3.8, 4) is 0 Å². The average molecular weight is 260 g/mol. The molecule has 0 saturated carbocycles. The normalized spacial score (nSPS) is 22.7. The maximum atomic E-state index is 5.46. The molecule has 2 aliphatic heterocycles. The van der Waals surface area contributed by atoms with Crippen LogP contribution in [0.15, 0.2) is 24.3 Å². The van der Waals surface area contributed by atoms with Gasteiger partial charge in [-0.3, -0.25) is 4.90 Å². The third-order valence-corrected chi connectivity index (χ3v) is 4.48. The Hall–Kier alpha value is -1.06. The van der Waals surface area contributed by atoms with Gasteiger partial charge in [-0.1, -0.05) is 18.2 Å². The highest BCUT2D eigenvalue weighted by atomic mass is 16.5. The second-order valence-electron chi connectivity index (χ2n) is 5.65. The quantitative estimate of drug-likeness (QED) is 0.811. The molecule has 0 aliphatic carbocycles. The van der Waals surface area contributed by atoms with E-state index in [9.17, 15) is 0 Å². The number of piperazine rings is 1. The summed E-state index contributed by atoms with van der Waals surface area (Å²) in [6.07, 6.45) is 2.43. The van der Waals surface area contributed by atoms with E-state index in [1.54, 1.807) is 0 Å². The van der Waals surface area contributed by atoms with Gasteiger partial charge in [-0.15, -0.1) is 0 Å². The van der Waals surface area contributed by atoms with Gasteiger partial charge in [0.15, 0.2) is 0 Å². The number of para-hydroxylation sites is 1. The Morgan fingerprint density at radius 1 is 1.00 bits per heavy atom. The third kappa shape index (κ3) is 2.93. The van der Waals surface area contributed by atoms with E-state index in [1.807, 2.05) is 0 Å². The third-order valence-electron chi connectivity index (χ3n) is 4.48. The molecule has 0 atom stereocenters. The summed E-state index contributed by atoms with van der Waals surface area (Å²) in [6.45, 7) is 8.80. The summed E-state index contributed by atoms with van der Waals surface area (Å²) in [5, 5.41) is 0. The van der Waals surface area contributed by atoms with Gasteiger partial charge in [-0.25, -0.2) is 0 Å². The number of rotatable bonds is 2. The van der Waals surface area contributed by atoms with Gasteiger partial charge in [0.1, 0.15) is 0 Å². The van der Waals surface area contributed by atoms with Crippen LogP contribution >= 0.6 is 0 Å². The van der Waals surface area contributed by atoms with E-state index in [-0.39, 0.29) is 0 Å². The van der Waals surface area contributed by atoms with Crippen molar-refractivity contribution in [1.82, 2.24) is 4.90 Å². The van der Waals surface area contributed by atoms with Gasteiger partial charge in [0.2, 0.25) is 0 Å². The molecule has 3 rings (SSSR count). The Balaban J connectivity index is 1.58. The number of ether oxygens (including phenoxy) is 1. The Morgan fingerprint density at radius 2 is 1.68 bits per heavy atom. The lowest BCUT2D eigenvalue weighted by Gasteiger charge is -2.41. The van der Waals surface area contributed by atoms with Crippen LogP contribution < -0.4 is 4.90 Å². The van der Waals surface area contributed by atoms with Crippen LogP contribution in [0.5, 0.6) is 0 Å². The molecule has 0 aromatic heterocycles. The van der Waals surface area contributed by atoms with E-state index in [2.05, 4.69) is 41.0 Å². The molecule has 0 bridgehead atoms. The van der Waals surface area contributed by atoms with Crippen LogP contribution in [-0.2, 0) is 4.74 Å². The zero-order chi connectivity index (χ0) is 13.1. The van der Waals surface area contributed by atoms with E-state index in [0.29, 0.717) is 0 Å². The molecule has 2 heterocycles. The Bertz CT molecular complexity index is 407. The van der Waals surface area contributed by atoms with Gasteiger partial charge in [0.25, 0.3) is 0 Å². The highest BCUT2D eigenvalue weighted by Gasteiger charge is 2.25. The van der Waals surface area contributed by atoms with Crippen LogP contribution in [0.2, 0.25) is 0 Å². The van der Waals surface area contributed by atoms with Gasteiger partial charge in [0.05, 0.1) is 0 Å². The molecular weight excluding hydrogens is 236 g/mol. The molecule has 1 aromatic rings. The number of nitrogens with zero attached hydrogens (tertiary/aromatic N) is 2. The van der Waals surface area contributed by atoms with Crippen LogP contribution in [0, 0.1) is 6.92 Å². The summed E-state index contributed by atoms with van der Waals surface area (Å²) in [4.78, 5) is 5.20. The highest BCUT2D eigenvalue weighted by Crippen LogP contribution is 2.23. The second kappa shape index (κ2) is 5.93. The van der Waals surface area contributed by atoms with E-state index in [0.717, 1.165) is 32.3 Å². The number of hydrogen-bond donors (Lipinski definition) is 0. The highest BCUT2D eigenvalue weighted by molar-refractivity contribution is 5.53. The summed E-state index contributed by atoms with van der Waals surface area (Å²) in [5.74, 6) is 0. The van der Waals surface area contributed by atoms with Gasteiger partial charge >= 0.3 is 0 Å².